The van der Waals surface area contributed by atoms with Crippen LogP contribution in [0.25, 0.3) is 0 Å². The van der Waals surface area contributed by atoms with Crippen molar-refractivity contribution in [2.45, 2.75) is 232 Å². The monoisotopic (exact) mass is 823 g/mol. The van der Waals surface area contributed by atoms with E-state index < -0.39 is 32.5 Å². The Balaban J connectivity index is 3.87. The van der Waals surface area contributed by atoms with Crippen molar-refractivity contribution in [3.63, 3.8) is 0 Å². The first-order valence-corrected chi connectivity index (χ1v) is 25.0. The summed E-state index contributed by atoms with van der Waals surface area (Å²) in [6, 6.07) is 0. The second kappa shape index (κ2) is 43.6. The first-order valence-electron chi connectivity index (χ1n) is 23.4. The summed E-state index contributed by atoms with van der Waals surface area (Å²) >= 11 is 0. The van der Waals surface area contributed by atoms with Gasteiger partial charge in [-0.25, -0.2) is 4.57 Å². The average Bonchev–Trinajstić information content (AvgIpc) is 3.18. The molecule has 0 aliphatic rings. The van der Waals surface area contributed by atoms with Crippen molar-refractivity contribution in [2.75, 3.05) is 13.2 Å². The van der Waals surface area contributed by atoms with Crippen LogP contribution >= 0.6 is 7.82 Å². The molecule has 1 atom stereocenters. The fourth-order valence-corrected chi connectivity index (χ4v) is 7.02. The Morgan fingerprint density at radius 1 is 0.474 bits per heavy atom. The second-order valence-corrected chi connectivity index (χ2v) is 16.9. The summed E-state index contributed by atoms with van der Waals surface area (Å²) < 4.78 is 26.5. The Bertz CT molecular complexity index is 1060. The van der Waals surface area contributed by atoms with Gasteiger partial charge >= 0.3 is 19.8 Å². The average molecular weight is 823 g/mol. The third-order valence-corrected chi connectivity index (χ3v) is 10.6. The molecule has 0 aliphatic carbocycles. The highest BCUT2D eigenvalue weighted by Crippen LogP contribution is 2.36. The molecule has 57 heavy (non-hydrogen) atoms. The van der Waals surface area contributed by atoms with Crippen LogP contribution < -0.4 is 0 Å². The van der Waals surface area contributed by atoms with Crippen molar-refractivity contribution in [1.82, 2.24) is 0 Å². The Morgan fingerprint density at radius 2 is 0.842 bits per heavy atom. The first kappa shape index (κ1) is 55.0. The fraction of sp³-hybridized carbons (Fsp3) is 0.792. The maximum atomic E-state index is 12.4. The Labute approximate surface area is 350 Å². The molecule has 0 bridgehead atoms. The standard InChI is InChI=1S/C48H87O8P/c1-3-5-7-9-11-13-15-17-19-21-23-25-26-28-30-32-34-36-38-40-42-47(49)54-44-46(45-55-57(51,52)53)56-48(50)43-41-39-37-35-33-31-29-27-24-22-20-18-16-14-12-10-8-6-4-2/h6,8,12,14,18,20,24,27,46H,3-5,7,9-11,13,15-17,19,21-23,25-26,28-45H2,1-2H3,(H2,51,52,53)/b8-6-,14-12-,20-18-,27-24-. The lowest BCUT2D eigenvalue weighted by atomic mass is 10.0. The van der Waals surface area contributed by atoms with Crippen LogP contribution in [0.2, 0.25) is 0 Å². The zero-order valence-electron chi connectivity index (χ0n) is 36.7. The molecule has 0 radical (unpaired) electrons. The van der Waals surface area contributed by atoms with Crippen molar-refractivity contribution in [3.05, 3.63) is 48.6 Å². The van der Waals surface area contributed by atoms with Gasteiger partial charge in [-0.2, -0.15) is 0 Å². The van der Waals surface area contributed by atoms with Gasteiger partial charge < -0.3 is 19.3 Å². The normalized spacial score (nSPS) is 12.8. The lowest BCUT2D eigenvalue weighted by Gasteiger charge is -2.18. The maximum absolute atomic E-state index is 12.4. The summed E-state index contributed by atoms with van der Waals surface area (Å²) in [5, 5.41) is 0. The summed E-state index contributed by atoms with van der Waals surface area (Å²) in [6.07, 6.45) is 54.1. The largest absolute Gasteiger partial charge is 0.469 e. The van der Waals surface area contributed by atoms with Gasteiger partial charge in [0.2, 0.25) is 0 Å². The van der Waals surface area contributed by atoms with E-state index in [1.54, 1.807) is 0 Å². The van der Waals surface area contributed by atoms with E-state index in [0.29, 0.717) is 6.42 Å². The Morgan fingerprint density at radius 3 is 1.26 bits per heavy atom. The van der Waals surface area contributed by atoms with E-state index in [4.69, 9.17) is 19.3 Å². The number of carbonyl (C=O) groups excluding carboxylic acids is 2. The molecule has 0 amide bonds. The van der Waals surface area contributed by atoms with Crippen molar-refractivity contribution >= 4 is 19.8 Å². The third-order valence-electron chi connectivity index (χ3n) is 10.1. The predicted octanol–water partition coefficient (Wildman–Crippen LogP) is 14.7. The SMILES string of the molecule is CC/C=C\C/C=C\C/C=C\C/C=C\CCCCCCCCC(=O)OC(COC(=O)CCCCCCCCCCCCCCCCCCCCCC)COP(=O)(O)O. The van der Waals surface area contributed by atoms with E-state index in [1.165, 1.54) is 109 Å². The van der Waals surface area contributed by atoms with Crippen molar-refractivity contribution in [1.29, 1.82) is 0 Å². The van der Waals surface area contributed by atoms with Crippen LogP contribution in [0.5, 0.6) is 0 Å². The van der Waals surface area contributed by atoms with Crippen LogP contribution in [0.1, 0.15) is 226 Å². The molecule has 0 aromatic carbocycles. The molecule has 0 spiro atoms. The fourth-order valence-electron chi connectivity index (χ4n) is 6.66. The molecule has 0 saturated carbocycles. The first-order chi connectivity index (χ1) is 27.8. The van der Waals surface area contributed by atoms with Crippen LogP contribution in [0.15, 0.2) is 48.6 Å². The van der Waals surface area contributed by atoms with Gasteiger partial charge in [0.25, 0.3) is 0 Å². The minimum absolute atomic E-state index is 0.196. The van der Waals surface area contributed by atoms with Crippen molar-refractivity contribution < 1.29 is 37.9 Å². The lowest BCUT2D eigenvalue weighted by Crippen LogP contribution is -2.29. The van der Waals surface area contributed by atoms with E-state index in [2.05, 4.69) is 67.0 Å². The number of esters is 2. The van der Waals surface area contributed by atoms with Gasteiger partial charge in [0.05, 0.1) is 6.61 Å². The lowest BCUT2D eigenvalue weighted by molar-refractivity contribution is -0.161. The molecule has 0 aromatic rings. The van der Waals surface area contributed by atoms with Gasteiger partial charge in [0, 0.05) is 12.8 Å². The number of ether oxygens (including phenoxy) is 2. The van der Waals surface area contributed by atoms with Gasteiger partial charge in [0.15, 0.2) is 6.10 Å². The number of phosphoric acid groups is 1. The molecule has 0 saturated heterocycles. The number of carbonyl (C=O) groups is 2. The highest BCUT2D eigenvalue weighted by Gasteiger charge is 2.23. The third kappa shape index (κ3) is 46.6. The van der Waals surface area contributed by atoms with E-state index in [-0.39, 0.29) is 19.4 Å². The van der Waals surface area contributed by atoms with Gasteiger partial charge in [-0.1, -0.05) is 210 Å². The summed E-state index contributed by atoms with van der Waals surface area (Å²) in [5.74, 6) is -0.893. The highest BCUT2D eigenvalue weighted by molar-refractivity contribution is 7.46. The summed E-state index contributed by atoms with van der Waals surface area (Å²) in [5.41, 5.74) is 0. The number of hydrogen-bond donors (Lipinski definition) is 2. The van der Waals surface area contributed by atoms with Gasteiger partial charge in [0.1, 0.15) is 6.61 Å². The van der Waals surface area contributed by atoms with E-state index in [1.807, 2.05) is 0 Å². The zero-order valence-corrected chi connectivity index (χ0v) is 37.6. The molecular weight excluding hydrogens is 735 g/mol. The highest BCUT2D eigenvalue weighted by atomic mass is 31.2. The molecule has 332 valence electrons. The molecule has 0 aromatic heterocycles. The smallest absolute Gasteiger partial charge is 0.462 e. The maximum Gasteiger partial charge on any atom is 0.469 e. The Kier molecular flexibility index (Phi) is 42.1. The molecule has 2 N–H and O–H groups in total. The van der Waals surface area contributed by atoms with Crippen LogP contribution in [0.4, 0.5) is 0 Å². The summed E-state index contributed by atoms with van der Waals surface area (Å²) in [4.78, 5) is 43.0. The Hall–Kier alpha value is -1.99. The number of allylic oxidation sites excluding steroid dienone is 8. The number of phosphoric ester groups is 1. The molecule has 0 fully saturated rings. The molecule has 0 aliphatic heterocycles. The minimum atomic E-state index is -4.76. The molecule has 0 heterocycles. The minimum Gasteiger partial charge on any atom is -0.462 e. The molecule has 8 nitrogen and oxygen atoms in total. The van der Waals surface area contributed by atoms with Gasteiger partial charge in [-0.15, -0.1) is 0 Å². The topological polar surface area (TPSA) is 119 Å². The van der Waals surface area contributed by atoms with Crippen molar-refractivity contribution in [2.24, 2.45) is 0 Å². The molecule has 9 heteroatoms. The van der Waals surface area contributed by atoms with Crippen LogP contribution in [-0.4, -0.2) is 41.0 Å². The van der Waals surface area contributed by atoms with E-state index in [9.17, 15) is 14.2 Å². The summed E-state index contributed by atoms with van der Waals surface area (Å²) in [7, 11) is -4.76. The van der Waals surface area contributed by atoms with E-state index >= 15 is 0 Å². The molecular formula is C48H87O8P. The van der Waals surface area contributed by atoms with Crippen LogP contribution in [-0.2, 0) is 28.2 Å². The van der Waals surface area contributed by atoms with Crippen molar-refractivity contribution in [3.8, 4) is 0 Å². The molecule has 0 rings (SSSR count). The summed E-state index contributed by atoms with van der Waals surface area (Å²) in [6.45, 7) is 3.59. The van der Waals surface area contributed by atoms with Gasteiger partial charge in [-0.3, -0.25) is 14.1 Å². The predicted molar refractivity (Wildman–Crippen MR) is 239 cm³/mol. The van der Waals surface area contributed by atoms with Crippen LogP contribution in [0.3, 0.4) is 0 Å². The van der Waals surface area contributed by atoms with E-state index in [0.717, 1.165) is 83.5 Å². The van der Waals surface area contributed by atoms with Crippen LogP contribution in [0, 0.1) is 0 Å². The quantitative estimate of drug-likeness (QED) is 0.0270. The second-order valence-electron chi connectivity index (χ2n) is 15.7. The zero-order chi connectivity index (χ0) is 41.8. The number of rotatable bonds is 43. The number of hydrogen-bond acceptors (Lipinski definition) is 6. The number of unbranched alkanes of at least 4 members (excludes halogenated alkanes) is 25. The molecule has 1 unspecified atom stereocenters. The van der Waals surface area contributed by atoms with Gasteiger partial charge in [-0.05, 0) is 51.4 Å².